The summed E-state index contributed by atoms with van der Waals surface area (Å²) >= 11 is 0. The molecule has 1 aliphatic carbocycles. The van der Waals surface area contributed by atoms with Gasteiger partial charge in [0.2, 0.25) is 0 Å². The van der Waals surface area contributed by atoms with Crippen LogP contribution in [0.5, 0.6) is 5.75 Å². The third-order valence-electron chi connectivity index (χ3n) is 4.77. The van der Waals surface area contributed by atoms with Gasteiger partial charge in [0.1, 0.15) is 12.3 Å². The molecule has 148 valence electrons. The molecular formula is C17H24N4O5S. The minimum Gasteiger partial charge on any atom is -0.506 e. The number of rotatable bonds is 5. The van der Waals surface area contributed by atoms with Crippen molar-refractivity contribution in [2.75, 3.05) is 17.4 Å². The lowest BCUT2D eigenvalue weighted by atomic mass is 9.96. The molecule has 2 fully saturated rings. The number of phenols is 1. The second-order valence-corrected chi connectivity index (χ2v) is 8.44. The van der Waals surface area contributed by atoms with Crippen LogP contribution in [0.15, 0.2) is 18.2 Å². The van der Waals surface area contributed by atoms with E-state index < -0.39 is 16.1 Å². The van der Waals surface area contributed by atoms with Gasteiger partial charge >= 0.3 is 16.2 Å². The highest BCUT2D eigenvalue weighted by atomic mass is 32.2. The van der Waals surface area contributed by atoms with Gasteiger partial charge < -0.3 is 15.7 Å². The topological polar surface area (TPSA) is 128 Å². The van der Waals surface area contributed by atoms with Crippen LogP contribution in [0.3, 0.4) is 0 Å². The Morgan fingerprint density at radius 1 is 1.26 bits per heavy atom. The molecular weight excluding hydrogens is 372 g/mol. The second-order valence-electron chi connectivity index (χ2n) is 6.85. The van der Waals surface area contributed by atoms with Crippen molar-refractivity contribution in [3.05, 3.63) is 23.8 Å². The molecule has 4 N–H and O–H groups in total. The van der Waals surface area contributed by atoms with Crippen molar-refractivity contribution in [2.24, 2.45) is 0 Å². The lowest BCUT2D eigenvalue weighted by molar-refractivity contribution is -0.117. The molecule has 0 radical (unpaired) electrons. The Morgan fingerprint density at radius 2 is 2.00 bits per heavy atom. The van der Waals surface area contributed by atoms with Gasteiger partial charge in [-0.3, -0.25) is 4.79 Å². The number of urea groups is 1. The Hall–Kier alpha value is -2.49. The minimum absolute atomic E-state index is 0.0418. The Morgan fingerprint density at radius 3 is 2.63 bits per heavy atom. The number of hydrogen-bond acceptors (Lipinski definition) is 5. The number of carbonyl (C=O) groups is 2. The highest BCUT2D eigenvalue weighted by Gasteiger charge is 2.35. The van der Waals surface area contributed by atoms with E-state index in [9.17, 15) is 23.1 Å². The lowest BCUT2D eigenvalue weighted by Crippen LogP contribution is -2.43. The molecule has 0 spiro atoms. The van der Waals surface area contributed by atoms with Gasteiger partial charge in [-0.05, 0) is 37.0 Å². The Bertz CT molecular complexity index is 821. The summed E-state index contributed by atoms with van der Waals surface area (Å²) in [5, 5.41) is 15.9. The van der Waals surface area contributed by atoms with Gasteiger partial charge in [0.25, 0.3) is 5.91 Å². The summed E-state index contributed by atoms with van der Waals surface area (Å²) in [5.74, 6) is -0.883. The minimum atomic E-state index is -3.96. The van der Waals surface area contributed by atoms with E-state index in [0.717, 1.165) is 35.6 Å². The second kappa shape index (κ2) is 8.03. The Balaban J connectivity index is 1.52. The van der Waals surface area contributed by atoms with Crippen LogP contribution < -0.4 is 19.7 Å². The van der Waals surface area contributed by atoms with E-state index in [1.54, 1.807) is 6.07 Å². The number of anilines is 1. The average Bonchev–Trinajstić information content (AvgIpc) is 2.88. The molecule has 1 aliphatic heterocycles. The summed E-state index contributed by atoms with van der Waals surface area (Å²) in [7, 11) is -3.96. The molecule has 0 bridgehead atoms. The molecule has 1 heterocycles. The fraction of sp³-hybridized carbons (Fsp3) is 0.529. The van der Waals surface area contributed by atoms with E-state index >= 15 is 0 Å². The number of nitrogens with zero attached hydrogens (tertiary/aromatic N) is 1. The molecule has 9 nitrogen and oxygen atoms in total. The Labute approximate surface area is 158 Å². The highest BCUT2D eigenvalue weighted by molar-refractivity contribution is 7.92. The maximum atomic E-state index is 11.9. The van der Waals surface area contributed by atoms with Crippen molar-refractivity contribution in [3.63, 3.8) is 0 Å². The molecule has 1 aromatic carbocycles. The summed E-state index contributed by atoms with van der Waals surface area (Å²) < 4.78 is 26.4. The molecule has 3 rings (SSSR count). The molecule has 0 unspecified atom stereocenters. The van der Waals surface area contributed by atoms with Crippen molar-refractivity contribution < 1.29 is 23.1 Å². The van der Waals surface area contributed by atoms with Crippen molar-refractivity contribution in [1.29, 1.82) is 0 Å². The predicted molar refractivity (Wildman–Crippen MR) is 99.6 cm³/mol. The molecule has 2 aliphatic rings. The largest absolute Gasteiger partial charge is 0.506 e. The van der Waals surface area contributed by atoms with Crippen LogP contribution in [0, 0.1) is 0 Å². The Kier molecular flexibility index (Phi) is 5.73. The van der Waals surface area contributed by atoms with E-state index in [4.69, 9.17) is 0 Å². The summed E-state index contributed by atoms with van der Waals surface area (Å²) in [6.07, 6.45) is 6.02. The van der Waals surface area contributed by atoms with Gasteiger partial charge in [0.05, 0.1) is 5.69 Å². The first kappa shape index (κ1) is 19.3. The van der Waals surface area contributed by atoms with Gasteiger partial charge in [-0.1, -0.05) is 25.3 Å². The van der Waals surface area contributed by atoms with Crippen LogP contribution in [-0.4, -0.2) is 44.6 Å². The summed E-state index contributed by atoms with van der Waals surface area (Å²) in [6.45, 7) is 0.0253. The number of phenolic OH excluding ortho intramolecular Hbond substituents is 1. The number of nitrogens with one attached hydrogen (secondary N) is 3. The highest BCUT2D eigenvalue weighted by Crippen LogP contribution is 2.31. The summed E-state index contributed by atoms with van der Waals surface area (Å²) in [6, 6.07) is 4.59. The van der Waals surface area contributed by atoms with Crippen molar-refractivity contribution in [1.82, 2.24) is 15.4 Å². The van der Waals surface area contributed by atoms with E-state index in [1.807, 2.05) is 4.72 Å². The normalized spacial score (nSPS) is 19.6. The first-order chi connectivity index (χ1) is 12.8. The standard InChI is InChI=1S/C17H24N4O5S/c22-15-10-12(6-7-14(15)21-11-16(23)20-27(21,25)26)8-9-18-17(24)19-13-4-2-1-3-5-13/h6-7,10,13,22H,1-5,8-9,11H2,(H,20,23)(H2,18,19,24). The van der Waals surface area contributed by atoms with Crippen LogP contribution in [0.4, 0.5) is 10.5 Å². The lowest BCUT2D eigenvalue weighted by Gasteiger charge is -2.22. The molecule has 27 heavy (non-hydrogen) atoms. The van der Waals surface area contributed by atoms with Gasteiger partial charge in [0.15, 0.2) is 0 Å². The van der Waals surface area contributed by atoms with Crippen molar-refractivity contribution in [2.45, 2.75) is 44.6 Å². The zero-order chi connectivity index (χ0) is 19.4. The predicted octanol–water partition coefficient (Wildman–Crippen LogP) is 0.748. The maximum Gasteiger partial charge on any atom is 0.326 e. The number of aromatic hydroxyl groups is 1. The smallest absolute Gasteiger partial charge is 0.326 e. The molecule has 10 heteroatoms. The fourth-order valence-electron chi connectivity index (χ4n) is 3.40. The zero-order valence-electron chi connectivity index (χ0n) is 14.9. The fourth-order valence-corrected chi connectivity index (χ4v) is 4.56. The van der Waals surface area contributed by atoms with Crippen LogP contribution in [0.25, 0.3) is 0 Å². The van der Waals surface area contributed by atoms with Crippen LogP contribution >= 0.6 is 0 Å². The van der Waals surface area contributed by atoms with Gasteiger partial charge in [-0.25, -0.2) is 13.8 Å². The number of hydrogen-bond donors (Lipinski definition) is 4. The number of carbonyl (C=O) groups excluding carboxylic acids is 2. The van der Waals surface area contributed by atoms with E-state index in [0.29, 0.717) is 13.0 Å². The maximum absolute atomic E-state index is 11.9. The molecule has 1 saturated heterocycles. The van der Waals surface area contributed by atoms with Crippen LogP contribution in [-0.2, 0) is 21.4 Å². The zero-order valence-corrected chi connectivity index (χ0v) is 15.7. The molecule has 0 atom stereocenters. The SMILES string of the molecule is O=C1CN(c2ccc(CCNC(=O)NC3CCCCC3)cc2O)S(=O)(=O)N1. The molecule has 3 amide bonds. The summed E-state index contributed by atoms with van der Waals surface area (Å²) in [4.78, 5) is 23.2. The first-order valence-electron chi connectivity index (χ1n) is 9.05. The third kappa shape index (κ3) is 4.82. The van der Waals surface area contributed by atoms with Gasteiger partial charge in [-0.2, -0.15) is 8.42 Å². The molecule has 1 saturated carbocycles. The van der Waals surface area contributed by atoms with Crippen molar-refractivity contribution in [3.8, 4) is 5.75 Å². The van der Waals surface area contributed by atoms with Gasteiger partial charge in [0, 0.05) is 12.6 Å². The average molecular weight is 396 g/mol. The van der Waals surface area contributed by atoms with Crippen LogP contribution in [0.1, 0.15) is 37.7 Å². The summed E-state index contributed by atoms with van der Waals surface area (Å²) in [5.41, 5.74) is 0.783. The van der Waals surface area contributed by atoms with Gasteiger partial charge in [-0.15, -0.1) is 0 Å². The third-order valence-corrected chi connectivity index (χ3v) is 6.16. The van der Waals surface area contributed by atoms with E-state index in [1.165, 1.54) is 18.6 Å². The quantitative estimate of drug-likeness (QED) is 0.584. The van der Waals surface area contributed by atoms with Crippen LogP contribution in [0.2, 0.25) is 0 Å². The van der Waals surface area contributed by atoms with E-state index in [2.05, 4.69) is 10.6 Å². The van der Waals surface area contributed by atoms with Crippen molar-refractivity contribution >= 4 is 27.8 Å². The first-order valence-corrected chi connectivity index (χ1v) is 10.5. The molecule has 0 aromatic heterocycles. The number of benzene rings is 1. The monoisotopic (exact) mass is 396 g/mol. The molecule has 1 aromatic rings. The number of amides is 3. The van der Waals surface area contributed by atoms with E-state index in [-0.39, 0.29) is 30.1 Å².